The van der Waals surface area contributed by atoms with Crippen molar-refractivity contribution in [1.82, 2.24) is 19.6 Å². The van der Waals surface area contributed by atoms with E-state index in [1.165, 1.54) is 0 Å². The number of para-hydroxylation sites is 2. The van der Waals surface area contributed by atoms with Crippen molar-refractivity contribution < 1.29 is 4.42 Å². The van der Waals surface area contributed by atoms with Crippen LogP contribution >= 0.6 is 0 Å². The van der Waals surface area contributed by atoms with E-state index in [-0.39, 0.29) is 0 Å². The first-order chi connectivity index (χ1) is 27.8. The molecule has 4 heterocycles. The van der Waals surface area contributed by atoms with Gasteiger partial charge in [-0.15, -0.1) is 0 Å². The maximum absolute atomic E-state index is 6.47. The van der Waals surface area contributed by atoms with Gasteiger partial charge in [-0.2, -0.15) is 5.10 Å². The molecule has 0 aliphatic heterocycles. The zero-order chi connectivity index (χ0) is 37.0. The number of furan rings is 1. The van der Waals surface area contributed by atoms with Gasteiger partial charge in [0.1, 0.15) is 16.9 Å². The molecule has 11 rings (SSSR count). The van der Waals surface area contributed by atoms with Crippen LogP contribution in [0.1, 0.15) is 0 Å². The van der Waals surface area contributed by atoms with Crippen LogP contribution in [-0.4, -0.2) is 19.6 Å². The van der Waals surface area contributed by atoms with Crippen molar-refractivity contribution in [1.29, 1.82) is 0 Å². The van der Waals surface area contributed by atoms with Crippen molar-refractivity contribution in [2.75, 3.05) is 0 Å². The van der Waals surface area contributed by atoms with Crippen LogP contribution in [-0.2, 0) is 0 Å². The summed E-state index contributed by atoms with van der Waals surface area (Å²) in [6.07, 6.45) is 0. The molecule has 11 aromatic rings. The Balaban J connectivity index is 1.11. The molecule has 0 bridgehead atoms. The molecule has 56 heavy (non-hydrogen) atoms. The Kier molecular flexibility index (Phi) is 7.42. The van der Waals surface area contributed by atoms with Crippen molar-refractivity contribution in [2.24, 2.45) is 0 Å². The molecular formula is C51H32N4O. The van der Waals surface area contributed by atoms with Crippen LogP contribution in [0.5, 0.6) is 0 Å². The number of fused-ring (bicyclic) bond motifs is 6. The normalized spacial score (nSPS) is 11.6. The Morgan fingerprint density at radius 2 is 1.04 bits per heavy atom. The molecule has 5 nitrogen and oxygen atoms in total. The molecule has 0 saturated carbocycles. The zero-order valence-electron chi connectivity index (χ0n) is 30.2. The maximum Gasteiger partial charge on any atom is 0.160 e. The quantitative estimate of drug-likeness (QED) is 0.172. The van der Waals surface area contributed by atoms with E-state index in [0.29, 0.717) is 5.82 Å². The largest absolute Gasteiger partial charge is 0.455 e. The molecule has 0 aliphatic rings. The molecule has 0 radical (unpaired) electrons. The molecule has 0 unspecified atom stereocenters. The fraction of sp³-hybridized carbons (Fsp3) is 0. The molecule has 0 saturated heterocycles. The van der Waals surface area contributed by atoms with E-state index in [9.17, 15) is 0 Å². The molecule has 0 amide bonds. The highest BCUT2D eigenvalue weighted by Crippen LogP contribution is 2.42. The minimum atomic E-state index is 0.657. The second-order valence-electron chi connectivity index (χ2n) is 14.0. The molecule has 0 aliphatic carbocycles. The van der Waals surface area contributed by atoms with Gasteiger partial charge in [0.15, 0.2) is 5.82 Å². The van der Waals surface area contributed by atoms with Gasteiger partial charge in [-0.25, -0.2) is 14.5 Å². The summed E-state index contributed by atoms with van der Waals surface area (Å²) in [5.74, 6) is 0.657. The number of nitrogens with zero attached hydrogens (tertiary/aromatic N) is 4. The highest BCUT2D eigenvalue weighted by Gasteiger charge is 2.22. The van der Waals surface area contributed by atoms with Gasteiger partial charge < -0.3 is 4.42 Å². The summed E-state index contributed by atoms with van der Waals surface area (Å²) in [6, 6.07) is 67.2. The molecule has 5 heteroatoms. The van der Waals surface area contributed by atoms with Gasteiger partial charge in [0.2, 0.25) is 0 Å². The summed E-state index contributed by atoms with van der Waals surface area (Å²) >= 11 is 0. The van der Waals surface area contributed by atoms with Crippen LogP contribution in [0.4, 0.5) is 0 Å². The first kappa shape index (κ1) is 31.9. The SMILES string of the molecule is c1ccc(-c2nc(-c3ccc(-c4c(-c5ccccc5)nn5c(-c6ccccc6)cc6ccccc6c45)cc3)cc(-c3cccc4c3oc3ccccc34)n2)cc1. The van der Waals surface area contributed by atoms with Crippen LogP contribution in [0.3, 0.4) is 0 Å². The zero-order valence-corrected chi connectivity index (χ0v) is 30.2. The number of rotatable bonds is 6. The monoisotopic (exact) mass is 716 g/mol. The lowest BCUT2D eigenvalue weighted by Gasteiger charge is -2.12. The Morgan fingerprint density at radius 1 is 0.429 bits per heavy atom. The van der Waals surface area contributed by atoms with Crippen LogP contribution in [0.2, 0.25) is 0 Å². The number of hydrogen-bond acceptors (Lipinski definition) is 4. The van der Waals surface area contributed by atoms with E-state index >= 15 is 0 Å². The third-order valence-corrected chi connectivity index (χ3v) is 10.6. The topological polar surface area (TPSA) is 56.2 Å². The van der Waals surface area contributed by atoms with E-state index in [2.05, 4.69) is 156 Å². The molecule has 0 fully saturated rings. The smallest absolute Gasteiger partial charge is 0.160 e. The molecule has 0 spiro atoms. The third kappa shape index (κ3) is 5.29. The highest BCUT2D eigenvalue weighted by molar-refractivity contribution is 6.10. The maximum atomic E-state index is 6.47. The van der Waals surface area contributed by atoms with Gasteiger partial charge >= 0.3 is 0 Å². The number of hydrogen-bond donors (Lipinski definition) is 0. The molecule has 4 aromatic heterocycles. The molecule has 262 valence electrons. The minimum absolute atomic E-state index is 0.657. The Hall–Kier alpha value is -7.63. The van der Waals surface area contributed by atoms with Gasteiger partial charge in [0.25, 0.3) is 0 Å². The van der Waals surface area contributed by atoms with Gasteiger partial charge in [-0.3, -0.25) is 0 Å². The summed E-state index contributed by atoms with van der Waals surface area (Å²) in [5, 5.41) is 9.85. The van der Waals surface area contributed by atoms with Gasteiger partial charge in [-0.05, 0) is 35.2 Å². The highest BCUT2D eigenvalue weighted by atomic mass is 16.3. The van der Waals surface area contributed by atoms with E-state index in [0.717, 1.165) is 99.9 Å². The second-order valence-corrected chi connectivity index (χ2v) is 14.0. The van der Waals surface area contributed by atoms with Crippen molar-refractivity contribution in [2.45, 2.75) is 0 Å². The lowest BCUT2D eigenvalue weighted by atomic mass is 9.95. The van der Waals surface area contributed by atoms with E-state index in [1.54, 1.807) is 0 Å². The molecule has 7 aromatic carbocycles. The van der Waals surface area contributed by atoms with Crippen LogP contribution in [0.15, 0.2) is 199 Å². The summed E-state index contributed by atoms with van der Waals surface area (Å²) in [4.78, 5) is 10.3. The van der Waals surface area contributed by atoms with Crippen LogP contribution in [0, 0.1) is 0 Å². The number of pyridine rings is 1. The van der Waals surface area contributed by atoms with Crippen molar-refractivity contribution in [3.8, 4) is 67.5 Å². The fourth-order valence-electron chi connectivity index (χ4n) is 7.98. The first-order valence-corrected chi connectivity index (χ1v) is 18.8. The predicted octanol–water partition coefficient (Wildman–Crippen LogP) is 13.2. The first-order valence-electron chi connectivity index (χ1n) is 18.8. The summed E-state index contributed by atoms with van der Waals surface area (Å²) in [6.45, 7) is 0. The molecule has 0 atom stereocenters. The van der Waals surface area contributed by atoms with Gasteiger partial charge in [0, 0.05) is 49.5 Å². The molecular weight excluding hydrogens is 685 g/mol. The standard InChI is InChI=1S/C51H32N4O/c1-4-15-34(16-5-1)45-31-38-21-10-11-22-39(38)49-47(48(54-55(45)49)36-17-6-2-7-18-36)35-29-27-33(28-30-35)43-32-44(53-51(52-43)37-19-8-3-9-20-37)42-25-14-24-41-40-23-12-13-26-46(40)56-50(41)42/h1-32H. The lowest BCUT2D eigenvalue weighted by molar-refractivity contribution is 0.670. The van der Waals surface area contributed by atoms with Gasteiger partial charge in [-0.1, -0.05) is 170 Å². The van der Waals surface area contributed by atoms with E-state index < -0.39 is 0 Å². The molecule has 0 N–H and O–H groups in total. The van der Waals surface area contributed by atoms with Crippen LogP contribution < -0.4 is 0 Å². The second kappa shape index (κ2) is 13.0. The predicted molar refractivity (Wildman–Crippen MR) is 228 cm³/mol. The van der Waals surface area contributed by atoms with Crippen molar-refractivity contribution in [3.63, 3.8) is 0 Å². The summed E-state index contributed by atoms with van der Waals surface area (Å²) in [5.41, 5.74) is 13.5. The average molecular weight is 717 g/mol. The van der Waals surface area contributed by atoms with E-state index in [4.69, 9.17) is 19.5 Å². The fourth-order valence-corrected chi connectivity index (χ4v) is 7.98. The lowest BCUT2D eigenvalue weighted by Crippen LogP contribution is -1.96. The average Bonchev–Trinajstić information content (AvgIpc) is 3.87. The van der Waals surface area contributed by atoms with Crippen molar-refractivity contribution in [3.05, 3.63) is 194 Å². The van der Waals surface area contributed by atoms with Crippen molar-refractivity contribution >= 4 is 38.2 Å². The summed E-state index contributed by atoms with van der Waals surface area (Å²) in [7, 11) is 0. The number of aromatic nitrogens is 4. The van der Waals surface area contributed by atoms with Gasteiger partial charge in [0.05, 0.1) is 22.6 Å². The Morgan fingerprint density at radius 3 is 1.80 bits per heavy atom. The Bertz CT molecular complexity index is 3220. The van der Waals surface area contributed by atoms with E-state index in [1.807, 2.05) is 42.5 Å². The number of benzene rings is 7. The Labute approximate surface area is 322 Å². The minimum Gasteiger partial charge on any atom is -0.455 e. The summed E-state index contributed by atoms with van der Waals surface area (Å²) < 4.78 is 8.60. The van der Waals surface area contributed by atoms with Crippen LogP contribution in [0.25, 0.3) is 106 Å². The third-order valence-electron chi connectivity index (χ3n) is 10.6.